The molecular weight excluding hydrogens is 431 g/mol. The van der Waals surface area contributed by atoms with Crippen LogP contribution in [0, 0.1) is 12.7 Å². The van der Waals surface area contributed by atoms with Crippen molar-refractivity contribution >= 4 is 29.0 Å². The SMILES string of the molecule is Cc1nnc(SCC(=O)NC(c2ccc(F)cc2)c2cccs2)n1Cc1ccccc1. The van der Waals surface area contributed by atoms with Crippen LogP contribution < -0.4 is 5.32 Å². The van der Waals surface area contributed by atoms with Crippen molar-refractivity contribution in [2.24, 2.45) is 0 Å². The molecule has 8 heteroatoms. The molecule has 2 aromatic heterocycles. The lowest BCUT2D eigenvalue weighted by Crippen LogP contribution is -2.30. The minimum atomic E-state index is -0.322. The van der Waals surface area contributed by atoms with E-state index in [1.807, 2.05) is 47.2 Å². The van der Waals surface area contributed by atoms with Gasteiger partial charge in [-0.1, -0.05) is 60.3 Å². The lowest BCUT2D eigenvalue weighted by molar-refractivity contribution is -0.119. The van der Waals surface area contributed by atoms with E-state index in [1.54, 1.807) is 23.5 Å². The van der Waals surface area contributed by atoms with E-state index in [0.29, 0.717) is 11.7 Å². The molecule has 1 N–H and O–H groups in total. The molecule has 0 saturated heterocycles. The van der Waals surface area contributed by atoms with Crippen LogP contribution in [0.15, 0.2) is 77.3 Å². The second kappa shape index (κ2) is 9.89. The maximum atomic E-state index is 13.4. The van der Waals surface area contributed by atoms with Gasteiger partial charge in [0.15, 0.2) is 5.16 Å². The fraction of sp³-hybridized carbons (Fsp3) is 0.174. The molecule has 1 unspecified atom stereocenters. The highest BCUT2D eigenvalue weighted by Gasteiger charge is 2.19. The number of carbonyl (C=O) groups is 1. The number of hydrogen-bond donors (Lipinski definition) is 1. The number of aromatic nitrogens is 3. The Morgan fingerprint density at radius 2 is 1.87 bits per heavy atom. The average molecular weight is 453 g/mol. The molecular formula is C23H21FN4OS2. The zero-order chi connectivity index (χ0) is 21.6. The number of rotatable bonds is 8. The molecule has 0 bridgehead atoms. The van der Waals surface area contributed by atoms with Gasteiger partial charge in [-0.15, -0.1) is 21.5 Å². The van der Waals surface area contributed by atoms with E-state index in [0.717, 1.165) is 21.8 Å². The van der Waals surface area contributed by atoms with E-state index in [1.165, 1.54) is 23.9 Å². The molecule has 1 amide bonds. The summed E-state index contributed by atoms with van der Waals surface area (Å²) < 4.78 is 15.4. The first-order valence-electron chi connectivity index (χ1n) is 9.75. The Labute approximate surface area is 188 Å². The molecule has 2 aromatic carbocycles. The summed E-state index contributed by atoms with van der Waals surface area (Å²) in [7, 11) is 0. The lowest BCUT2D eigenvalue weighted by Gasteiger charge is -2.18. The lowest BCUT2D eigenvalue weighted by atomic mass is 10.1. The molecule has 0 fully saturated rings. The quantitative estimate of drug-likeness (QED) is 0.389. The Hall–Kier alpha value is -2.97. The van der Waals surface area contributed by atoms with Gasteiger partial charge in [0, 0.05) is 4.88 Å². The van der Waals surface area contributed by atoms with Gasteiger partial charge in [0.1, 0.15) is 11.6 Å². The van der Waals surface area contributed by atoms with Crippen molar-refractivity contribution in [2.45, 2.75) is 24.7 Å². The first-order chi connectivity index (χ1) is 15.1. The maximum absolute atomic E-state index is 13.4. The highest BCUT2D eigenvalue weighted by atomic mass is 32.2. The van der Waals surface area contributed by atoms with E-state index in [2.05, 4.69) is 27.6 Å². The maximum Gasteiger partial charge on any atom is 0.231 e. The number of amides is 1. The number of halogens is 1. The van der Waals surface area contributed by atoms with Gasteiger partial charge in [0.25, 0.3) is 0 Å². The second-order valence-corrected chi connectivity index (χ2v) is 8.88. The standard InChI is InChI=1S/C23H21FN4OS2/c1-16-26-27-23(28(16)14-17-6-3-2-4-7-17)31-15-21(29)25-22(20-8-5-13-30-20)18-9-11-19(24)12-10-18/h2-13,22H,14-15H2,1H3,(H,25,29). The van der Waals surface area contributed by atoms with Crippen LogP contribution >= 0.6 is 23.1 Å². The van der Waals surface area contributed by atoms with Crippen LogP contribution in [-0.4, -0.2) is 26.4 Å². The Balaban J connectivity index is 1.44. The fourth-order valence-corrected chi connectivity index (χ4v) is 4.78. The molecule has 158 valence electrons. The summed E-state index contributed by atoms with van der Waals surface area (Å²) in [5.41, 5.74) is 1.98. The molecule has 4 rings (SSSR count). The summed E-state index contributed by atoms with van der Waals surface area (Å²) in [4.78, 5) is 13.8. The van der Waals surface area contributed by atoms with Crippen LogP contribution in [0.2, 0.25) is 0 Å². The predicted molar refractivity (Wildman–Crippen MR) is 122 cm³/mol. The zero-order valence-electron chi connectivity index (χ0n) is 16.9. The van der Waals surface area contributed by atoms with Gasteiger partial charge in [-0.3, -0.25) is 4.79 Å². The van der Waals surface area contributed by atoms with Crippen molar-refractivity contribution in [1.29, 1.82) is 0 Å². The fourth-order valence-electron chi connectivity index (χ4n) is 3.18. The number of hydrogen-bond acceptors (Lipinski definition) is 5. The molecule has 0 aliphatic carbocycles. The summed E-state index contributed by atoms with van der Waals surface area (Å²) in [6.45, 7) is 2.55. The molecule has 5 nitrogen and oxygen atoms in total. The van der Waals surface area contributed by atoms with Gasteiger partial charge in [0.05, 0.1) is 18.3 Å². The summed E-state index contributed by atoms with van der Waals surface area (Å²) in [5, 5.41) is 14.1. The topological polar surface area (TPSA) is 59.8 Å². The van der Waals surface area contributed by atoms with Crippen LogP contribution in [0.3, 0.4) is 0 Å². The smallest absolute Gasteiger partial charge is 0.231 e. The number of carbonyl (C=O) groups excluding carboxylic acids is 1. The number of benzene rings is 2. The third kappa shape index (κ3) is 5.39. The predicted octanol–water partition coefficient (Wildman–Crippen LogP) is 4.83. The van der Waals surface area contributed by atoms with Gasteiger partial charge in [-0.05, 0) is 41.6 Å². The minimum Gasteiger partial charge on any atom is -0.344 e. The van der Waals surface area contributed by atoms with Crippen molar-refractivity contribution < 1.29 is 9.18 Å². The molecule has 0 aliphatic heterocycles. The summed E-state index contributed by atoms with van der Waals surface area (Å²) >= 11 is 2.90. The summed E-state index contributed by atoms with van der Waals surface area (Å²) in [5.74, 6) is 0.577. The number of thiophene rings is 1. The molecule has 0 saturated carbocycles. The Bertz CT molecular complexity index is 1130. The van der Waals surface area contributed by atoms with E-state index < -0.39 is 0 Å². The molecule has 0 radical (unpaired) electrons. The van der Waals surface area contributed by atoms with Gasteiger partial charge >= 0.3 is 0 Å². The highest BCUT2D eigenvalue weighted by molar-refractivity contribution is 7.99. The van der Waals surface area contributed by atoms with Crippen LogP contribution in [0.4, 0.5) is 4.39 Å². The van der Waals surface area contributed by atoms with Crippen molar-refractivity contribution in [3.05, 3.63) is 99.8 Å². The largest absolute Gasteiger partial charge is 0.344 e. The monoisotopic (exact) mass is 452 g/mol. The van der Waals surface area contributed by atoms with Crippen molar-refractivity contribution in [3.8, 4) is 0 Å². The van der Waals surface area contributed by atoms with Crippen molar-refractivity contribution in [3.63, 3.8) is 0 Å². The molecule has 0 spiro atoms. The Kier molecular flexibility index (Phi) is 6.79. The van der Waals surface area contributed by atoms with Crippen LogP contribution in [0.1, 0.15) is 27.9 Å². The minimum absolute atomic E-state index is 0.125. The van der Waals surface area contributed by atoms with Crippen LogP contribution in [0.25, 0.3) is 0 Å². The number of nitrogens with zero attached hydrogens (tertiary/aromatic N) is 3. The number of aryl methyl sites for hydroxylation is 1. The van der Waals surface area contributed by atoms with E-state index in [-0.39, 0.29) is 23.5 Å². The third-order valence-corrected chi connectivity index (χ3v) is 6.66. The molecule has 31 heavy (non-hydrogen) atoms. The molecule has 1 atom stereocenters. The average Bonchev–Trinajstić information content (AvgIpc) is 3.43. The number of nitrogens with one attached hydrogen (secondary N) is 1. The van der Waals surface area contributed by atoms with Crippen LogP contribution in [0.5, 0.6) is 0 Å². The Morgan fingerprint density at radius 1 is 1.10 bits per heavy atom. The van der Waals surface area contributed by atoms with Crippen molar-refractivity contribution in [1.82, 2.24) is 20.1 Å². The summed E-state index contributed by atoms with van der Waals surface area (Å²) in [6.07, 6.45) is 0. The molecule has 2 heterocycles. The molecule has 0 aliphatic rings. The van der Waals surface area contributed by atoms with Crippen LogP contribution in [-0.2, 0) is 11.3 Å². The van der Waals surface area contributed by atoms with Gasteiger partial charge in [-0.2, -0.15) is 0 Å². The van der Waals surface area contributed by atoms with Gasteiger partial charge in [-0.25, -0.2) is 4.39 Å². The van der Waals surface area contributed by atoms with E-state index in [4.69, 9.17) is 0 Å². The summed E-state index contributed by atoms with van der Waals surface area (Å²) in [6, 6.07) is 19.9. The zero-order valence-corrected chi connectivity index (χ0v) is 18.5. The second-order valence-electron chi connectivity index (χ2n) is 6.96. The normalized spacial score (nSPS) is 11.9. The molecule has 4 aromatic rings. The third-order valence-electron chi connectivity index (χ3n) is 4.75. The van der Waals surface area contributed by atoms with E-state index >= 15 is 0 Å². The van der Waals surface area contributed by atoms with E-state index in [9.17, 15) is 9.18 Å². The first kappa shape index (κ1) is 21.3. The Morgan fingerprint density at radius 3 is 2.58 bits per heavy atom. The highest BCUT2D eigenvalue weighted by Crippen LogP contribution is 2.27. The number of thioether (sulfide) groups is 1. The van der Waals surface area contributed by atoms with Gasteiger partial charge < -0.3 is 9.88 Å². The van der Waals surface area contributed by atoms with Crippen molar-refractivity contribution in [2.75, 3.05) is 5.75 Å². The van der Waals surface area contributed by atoms with Gasteiger partial charge in [0.2, 0.25) is 5.91 Å². The first-order valence-corrected chi connectivity index (χ1v) is 11.6.